The second kappa shape index (κ2) is 9.25. The van der Waals surface area contributed by atoms with E-state index in [0.29, 0.717) is 6.61 Å². The van der Waals surface area contributed by atoms with E-state index in [0.717, 1.165) is 38.0 Å². The molecule has 0 amide bonds. The van der Waals surface area contributed by atoms with E-state index in [9.17, 15) is 4.39 Å². The van der Waals surface area contributed by atoms with Crippen molar-refractivity contribution in [2.45, 2.75) is 31.6 Å². The van der Waals surface area contributed by atoms with Crippen LogP contribution in [0, 0.1) is 5.82 Å². The summed E-state index contributed by atoms with van der Waals surface area (Å²) in [6.07, 6.45) is 10.3. The van der Waals surface area contributed by atoms with Crippen LogP contribution in [0.3, 0.4) is 0 Å². The Morgan fingerprint density at radius 3 is 2.65 bits per heavy atom. The molecule has 1 unspecified atom stereocenters. The average Bonchev–Trinajstić information content (AvgIpc) is 2.98. The maximum absolute atomic E-state index is 13.6. The Balaban J connectivity index is 1.60. The van der Waals surface area contributed by atoms with Gasteiger partial charge in [-0.25, -0.2) is 4.39 Å². The zero-order chi connectivity index (χ0) is 21.8. The molecule has 2 aliphatic rings. The second-order valence-electron chi connectivity index (χ2n) is 8.80. The second-order valence-corrected chi connectivity index (χ2v) is 8.80. The Hall–Kier alpha value is -2.63. The van der Waals surface area contributed by atoms with Crippen LogP contribution in [0.15, 0.2) is 67.1 Å². The van der Waals surface area contributed by atoms with Gasteiger partial charge in [-0.3, -0.25) is 0 Å². The molecule has 0 bridgehead atoms. The average molecular weight is 422 g/mol. The highest BCUT2D eigenvalue weighted by Gasteiger charge is 2.41. The minimum Gasteiger partial charge on any atom is -0.368 e. The summed E-state index contributed by atoms with van der Waals surface area (Å²) < 4.78 is 20.1. The highest BCUT2D eigenvalue weighted by atomic mass is 19.1. The van der Waals surface area contributed by atoms with Crippen molar-refractivity contribution in [3.8, 4) is 0 Å². The maximum atomic E-state index is 13.6. The molecule has 0 N–H and O–H groups in total. The summed E-state index contributed by atoms with van der Waals surface area (Å²) in [7, 11) is 6.21. The first kappa shape index (κ1) is 21.6. The summed E-state index contributed by atoms with van der Waals surface area (Å²) >= 11 is 0. The minimum atomic E-state index is -0.508. The topological polar surface area (TPSA) is 19.0 Å². The molecular formula is C26H32FN3O. The van der Waals surface area contributed by atoms with Crippen LogP contribution >= 0.6 is 0 Å². The maximum Gasteiger partial charge on any atom is 0.123 e. The lowest BCUT2D eigenvalue weighted by Crippen LogP contribution is -2.28. The summed E-state index contributed by atoms with van der Waals surface area (Å²) in [6.45, 7) is 3.31. The van der Waals surface area contributed by atoms with Crippen LogP contribution in [0.5, 0.6) is 0 Å². The Bertz CT molecular complexity index is 954. The van der Waals surface area contributed by atoms with E-state index < -0.39 is 5.60 Å². The fourth-order valence-corrected chi connectivity index (χ4v) is 4.50. The first-order chi connectivity index (χ1) is 15.0. The predicted molar refractivity (Wildman–Crippen MR) is 123 cm³/mol. The van der Waals surface area contributed by atoms with E-state index in [1.165, 1.54) is 28.8 Å². The molecule has 2 aliphatic heterocycles. The van der Waals surface area contributed by atoms with Crippen LogP contribution in [0.4, 0.5) is 4.39 Å². The Morgan fingerprint density at radius 1 is 1.06 bits per heavy atom. The fraction of sp³-hybridized carbons (Fsp3) is 0.385. The number of nitrogens with zero attached hydrogens (tertiary/aromatic N) is 3. The Morgan fingerprint density at radius 2 is 1.87 bits per heavy atom. The molecule has 4 rings (SSSR count). The molecule has 0 aromatic heterocycles. The molecule has 4 nitrogen and oxygen atoms in total. The molecule has 1 atom stereocenters. The smallest absolute Gasteiger partial charge is 0.123 e. The van der Waals surface area contributed by atoms with Crippen molar-refractivity contribution >= 4 is 0 Å². The van der Waals surface area contributed by atoms with Gasteiger partial charge >= 0.3 is 0 Å². The van der Waals surface area contributed by atoms with Gasteiger partial charge in [0.25, 0.3) is 0 Å². The summed E-state index contributed by atoms with van der Waals surface area (Å²) in [5, 5.41) is 0. The molecule has 164 valence electrons. The molecular weight excluding hydrogens is 389 g/mol. The highest BCUT2D eigenvalue weighted by Crippen LogP contribution is 2.45. The first-order valence-corrected chi connectivity index (χ1v) is 10.9. The molecule has 2 aromatic carbocycles. The summed E-state index contributed by atoms with van der Waals surface area (Å²) in [5.74, 6) is -0.217. The molecule has 0 spiro atoms. The zero-order valence-electron chi connectivity index (χ0n) is 18.7. The SMILES string of the molecule is CN1C=CCN(Cc2ccc3c(c2)COC3(CCCN(C)C)c2ccc(F)cc2)C=C1. The van der Waals surface area contributed by atoms with Crippen LogP contribution < -0.4 is 0 Å². The van der Waals surface area contributed by atoms with Gasteiger partial charge in [-0.05, 0) is 73.9 Å². The van der Waals surface area contributed by atoms with Gasteiger partial charge in [0.05, 0.1) is 6.61 Å². The normalized spacial score (nSPS) is 20.4. The standard InChI is InChI=1S/C26H32FN3O/c1-28(2)13-4-12-26(23-7-9-24(27)10-8-23)25-11-6-21(18-22(25)20-31-26)19-30-15-5-14-29(3)16-17-30/h5-11,14,16-18H,4,12-13,15,19-20H2,1-3H3. The van der Waals surface area contributed by atoms with Gasteiger partial charge in [-0.15, -0.1) is 0 Å². The molecule has 2 aromatic rings. The number of benzene rings is 2. The van der Waals surface area contributed by atoms with Crippen molar-refractivity contribution in [2.24, 2.45) is 0 Å². The van der Waals surface area contributed by atoms with Gasteiger partial charge < -0.3 is 19.4 Å². The zero-order valence-corrected chi connectivity index (χ0v) is 18.7. The van der Waals surface area contributed by atoms with Crippen LogP contribution in [0.25, 0.3) is 0 Å². The van der Waals surface area contributed by atoms with Gasteiger partial charge in [0, 0.05) is 38.7 Å². The van der Waals surface area contributed by atoms with Crippen LogP contribution in [-0.4, -0.2) is 48.9 Å². The molecule has 31 heavy (non-hydrogen) atoms. The fourth-order valence-electron chi connectivity index (χ4n) is 4.50. The molecule has 0 aliphatic carbocycles. The quantitative estimate of drug-likeness (QED) is 0.646. The lowest BCUT2D eigenvalue weighted by Gasteiger charge is -2.31. The van der Waals surface area contributed by atoms with Crippen molar-refractivity contribution in [3.05, 3.63) is 95.2 Å². The van der Waals surface area contributed by atoms with Crippen molar-refractivity contribution in [1.82, 2.24) is 14.7 Å². The number of hydrogen-bond donors (Lipinski definition) is 0. The molecule has 2 heterocycles. The summed E-state index contributed by atoms with van der Waals surface area (Å²) in [4.78, 5) is 6.54. The summed E-state index contributed by atoms with van der Waals surface area (Å²) in [6, 6.07) is 13.5. The molecule has 0 radical (unpaired) electrons. The molecule has 0 fully saturated rings. The van der Waals surface area contributed by atoms with E-state index in [-0.39, 0.29) is 5.82 Å². The summed E-state index contributed by atoms with van der Waals surface area (Å²) in [5.41, 5.74) is 4.24. The van der Waals surface area contributed by atoms with Crippen molar-refractivity contribution in [1.29, 1.82) is 0 Å². The van der Waals surface area contributed by atoms with Gasteiger partial charge in [-0.1, -0.05) is 30.3 Å². The number of rotatable bonds is 7. The van der Waals surface area contributed by atoms with E-state index in [2.05, 4.69) is 71.7 Å². The number of fused-ring (bicyclic) bond motifs is 1. The highest BCUT2D eigenvalue weighted by molar-refractivity contribution is 5.45. The van der Waals surface area contributed by atoms with Gasteiger partial charge in [0.2, 0.25) is 0 Å². The van der Waals surface area contributed by atoms with Gasteiger partial charge in [0.15, 0.2) is 0 Å². The third kappa shape index (κ3) is 4.83. The first-order valence-electron chi connectivity index (χ1n) is 10.9. The lowest BCUT2D eigenvalue weighted by molar-refractivity contribution is -0.0140. The van der Waals surface area contributed by atoms with Crippen LogP contribution in [-0.2, 0) is 23.5 Å². The van der Waals surface area contributed by atoms with E-state index >= 15 is 0 Å². The number of ether oxygens (including phenoxy) is 1. The van der Waals surface area contributed by atoms with E-state index in [1.807, 2.05) is 19.2 Å². The Labute approximate surface area is 185 Å². The van der Waals surface area contributed by atoms with Crippen molar-refractivity contribution < 1.29 is 9.13 Å². The van der Waals surface area contributed by atoms with E-state index in [4.69, 9.17) is 4.74 Å². The molecule has 0 saturated carbocycles. The van der Waals surface area contributed by atoms with E-state index in [1.54, 1.807) is 0 Å². The van der Waals surface area contributed by atoms with Crippen LogP contribution in [0.1, 0.15) is 35.1 Å². The molecule has 0 saturated heterocycles. The number of halogens is 1. The monoisotopic (exact) mass is 421 g/mol. The predicted octanol–water partition coefficient (Wildman–Crippen LogP) is 4.67. The van der Waals surface area contributed by atoms with Gasteiger partial charge in [-0.2, -0.15) is 0 Å². The van der Waals surface area contributed by atoms with Crippen molar-refractivity contribution in [3.63, 3.8) is 0 Å². The number of hydrogen-bond acceptors (Lipinski definition) is 4. The lowest BCUT2D eigenvalue weighted by atomic mass is 9.81. The largest absolute Gasteiger partial charge is 0.368 e. The van der Waals surface area contributed by atoms with Gasteiger partial charge in [0.1, 0.15) is 11.4 Å². The van der Waals surface area contributed by atoms with Crippen molar-refractivity contribution in [2.75, 3.05) is 34.2 Å². The minimum absolute atomic E-state index is 0.217. The third-order valence-corrected chi connectivity index (χ3v) is 6.10. The third-order valence-electron chi connectivity index (χ3n) is 6.10. The molecule has 5 heteroatoms. The van der Waals surface area contributed by atoms with Crippen LogP contribution in [0.2, 0.25) is 0 Å². The Kier molecular flexibility index (Phi) is 6.44.